The van der Waals surface area contributed by atoms with Crippen molar-refractivity contribution >= 4 is 29.5 Å². The second-order valence-corrected chi connectivity index (χ2v) is 6.27. The highest BCUT2D eigenvalue weighted by atomic mass is 32.2. The Morgan fingerprint density at radius 1 is 1.33 bits per heavy atom. The maximum Gasteiger partial charge on any atom is 0.321 e. The van der Waals surface area contributed by atoms with Crippen LogP contribution in [-0.4, -0.2) is 33.4 Å². The van der Waals surface area contributed by atoms with E-state index in [1.807, 2.05) is 23.5 Å². The number of nitrogens with one attached hydrogen (secondary N) is 1. The lowest BCUT2D eigenvalue weighted by atomic mass is 10.4. The average Bonchev–Trinajstić information content (AvgIpc) is 2.96. The number of rotatable bonds is 3. The summed E-state index contributed by atoms with van der Waals surface area (Å²) in [7, 11) is 0. The molecule has 0 spiro atoms. The molecule has 2 fully saturated rings. The second-order valence-electron chi connectivity index (χ2n) is 3.81. The molecular weight excluding hydrogens is 230 g/mol. The lowest BCUT2D eigenvalue weighted by Gasteiger charge is -2.16. The molecule has 3 rings (SSSR count). The van der Waals surface area contributed by atoms with Gasteiger partial charge < -0.3 is 9.84 Å². The van der Waals surface area contributed by atoms with Gasteiger partial charge in [-0.2, -0.15) is 16.7 Å². The summed E-state index contributed by atoms with van der Waals surface area (Å²) in [6, 6.07) is 1.18. The lowest BCUT2D eigenvalue weighted by molar-refractivity contribution is 0.422. The summed E-state index contributed by atoms with van der Waals surface area (Å²) in [4.78, 5) is 4.39. The van der Waals surface area contributed by atoms with Crippen molar-refractivity contribution < 1.29 is 4.52 Å². The smallest absolute Gasteiger partial charge is 0.321 e. The van der Waals surface area contributed by atoms with Crippen LogP contribution in [0.3, 0.4) is 0 Å². The first kappa shape index (κ1) is 9.84. The summed E-state index contributed by atoms with van der Waals surface area (Å²) < 4.78 is 5.17. The third kappa shape index (κ3) is 2.42. The molecule has 82 valence electrons. The fourth-order valence-corrected chi connectivity index (χ4v) is 4.05. The molecule has 1 atom stereocenters. The average molecular weight is 243 g/mol. The van der Waals surface area contributed by atoms with E-state index >= 15 is 0 Å². The molecule has 0 radical (unpaired) electrons. The standard InChI is InChI=1S/C9H13N3OS2/c1-2-6(1)10-9-11-8(12-13-9)7-5-14-3-4-15-7/h6-7H,1-5H2,(H,10,11,12). The van der Waals surface area contributed by atoms with Gasteiger partial charge in [-0.25, -0.2) is 0 Å². The highest BCUT2D eigenvalue weighted by Crippen LogP contribution is 2.35. The van der Waals surface area contributed by atoms with Crippen LogP contribution in [0.15, 0.2) is 4.52 Å². The first-order valence-electron chi connectivity index (χ1n) is 5.21. The van der Waals surface area contributed by atoms with Gasteiger partial charge >= 0.3 is 6.01 Å². The van der Waals surface area contributed by atoms with Crippen molar-refractivity contribution in [1.82, 2.24) is 10.1 Å². The molecule has 15 heavy (non-hydrogen) atoms. The Morgan fingerprint density at radius 2 is 2.27 bits per heavy atom. The molecule has 1 saturated carbocycles. The van der Waals surface area contributed by atoms with E-state index in [0.717, 1.165) is 11.6 Å². The van der Waals surface area contributed by atoms with Gasteiger partial charge in [0, 0.05) is 23.3 Å². The summed E-state index contributed by atoms with van der Waals surface area (Å²) >= 11 is 3.90. The molecule has 0 amide bonds. The second kappa shape index (κ2) is 4.25. The molecule has 4 nitrogen and oxygen atoms in total. The maximum atomic E-state index is 5.17. The summed E-state index contributed by atoms with van der Waals surface area (Å²) in [5.74, 6) is 4.39. The van der Waals surface area contributed by atoms with Gasteiger partial charge in [0.15, 0.2) is 5.82 Å². The number of nitrogens with zero attached hydrogens (tertiary/aromatic N) is 2. The summed E-state index contributed by atoms with van der Waals surface area (Å²) in [5, 5.41) is 7.68. The third-order valence-corrected chi connectivity index (χ3v) is 5.20. The number of anilines is 1. The molecule has 1 aliphatic heterocycles. The van der Waals surface area contributed by atoms with Gasteiger partial charge in [-0.05, 0) is 12.8 Å². The van der Waals surface area contributed by atoms with E-state index < -0.39 is 0 Å². The van der Waals surface area contributed by atoms with E-state index in [-0.39, 0.29) is 0 Å². The van der Waals surface area contributed by atoms with Crippen LogP contribution in [-0.2, 0) is 0 Å². The normalized spacial score (nSPS) is 26.5. The molecule has 1 saturated heterocycles. The lowest BCUT2D eigenvalue weighted by Crippen LogP contribution is -2.08. The van der Waals surface area contributed by atoms with Crippen LogP contribution in [0.2, 0.25) is 0 Å². The summed E-state index contributed by atoms with van der Waals surface area (Å²) in [5.41, 5.74) is 0. The first-order chi connectivity index (χ1) is 7.42. The maximum absolute atomic E-state index is 5.17. The third-order valence-electron chi connectivity index (χ3n) is 2.45. The van der Waals surface area contributed by atoms with Crippen molar-refractivity contribution in [3.63, 3.8) is 0 Å². The Balaban J connectivity index is 1.65. The van der Waals surface area contributed by atoms with E-state index in [4.69, 9.17) is 4.52 Å². The summed E-state index contributed by atoms with van der Waals surface area (Å²) in [6.07, 6.45) is 2.46. The van der Waals surface area contributed by atoms with Crippen LogP contribution in [0.1, 0.15) is 23.9 Å². The zero-order valence-corrected chi connectivity index (χ0v) is 9.94. The molecule has 0 aromatic carbocycles. The van der Waals surface area contributed by atoms with Crippen molar-refractivity contribution in [3.8, 4) is 0 Å². The number of hydrogen-bond donors (Lipinski definition) is 1. The molecule has 0 bridgehead atoms. The van der Waals surface area contributed by atoms with Crippen LogP contribution in [0.25, 0.3) is 0 Å². The van der Waals surface area contributed by atoms with Crippen LogP contribution < -0.4 is 5.32 Å². The zero-order chi connectivity index (χ0) is 10.1. The number of aromatic nitrogens is 2. The topological polar surface area (TPSA) is 51.0 Å². The Morgan fingerprint density at radius 3 is 3.00 bits per heavy atom. The predicted octanol–water partition coefficient (Wildman–Crippen LogP) is 2.17. The van der Waals surface area contributed by atoms with E-state index in [1.54, 1.807) is 0 Å². The zero-order valence-electron chi connectivity index (χ0n) is 8.31. The quantitative estimate of drug-likeness (QED) is 0.878. The van der Waals surface area contributed by atoms with E-state index in [0.29, 0.717) is 17.3 Å². The largest absolute Gasteiger partial charge is 0.335 e. The van der Waals surface area contributed by atoms with Crippen molar-refractivity contribution in [2.24, 2.45) is 0 Å². The Labute approximate surface area is 97.0 Å². The van der Waals surface area contributed by atoms with Crippen molar-refractivity contribution in [2.45, 2.75) is 24.1 Å². The highest BCUT2D eigenvalue weighted by molar-refractivity contribution is 8.06. The Bertz CT molecular complexity index is 334. The molecule has 1 aliphatic carbocycles. The van der Waals surface area contributed by atoms with Gasteiger partial charge in [-0.1, -0.05) is 5.16 Å². The van der Waals surface area contributed by atoms with Crippen molar-refractivity contribution in [2.75, 3.05) is 22.6 Å². The van der Waals surface area contributed by atoms with Gasteiger partial charge in [-0.3, -0.25) is 0 Å². The minimum atomic E-state index is 0.419. The molecule has 6 heteroatoms. The first-order valence-corrected chi connectivity index (χ1v) is 7.41. The van der Waals surface area contributed by atoms with Gasteiger partial charge in [0.2, 0.25) is 0 Å². The fourth-order valence-electron chi connectivity index (χ4n) is 1.46. The van der Waals surface area contributed by atoms with Gasteiger partial charge in [-0.15, -0.1) is 11.8 Å². The summed E-state index contributed by atoms with van der Waals surface area (Å²) in [6.45, 7) is 0. The van der Waals surface area contributed by atoms with Crippen molar-refractivity contribution in [3.05, 3.63) is 5.82 Å². The highest BCUT2D eigenvalue weighted by Gasteiger charge is 2.25. The van der Waals surface area contributed by atoms with E-state index in [2.05, 4.69) is 15.5 Å². The van der Waals surface area contributed by atoms with Crippen LogP contribution in [0.4, 0.5) is 6.01 Å². The number of hydrogen-bond acceptors (Lipinski definition) is 6. The SMILES string of the molecule is C1CSC(c2noc(NC3CC3)n2)CS1. The number of thioether (sulfide) groups is 2. The fraction of sp³-hybridized carbons (Fsp3) is 0.778. The van der Waals surface area contributed by atoms with Crippen LogP contribution in [0, 0.1) is 0 Å². The molecular formula is C9H13N3OS2. The van der Waals surface area contributed by atoms with Gasteiger partial charge in [0.25, 0.3) is 0 Å². The molecule has 1 aromatic heterocycles. The molecule has 2 aliphatic rings. The van der Waals surface area contributed by atoms with Crippen molar-refractivity contribution in [1.29, 1.82) is 0 Å². The van der Waals surface area contributed by atoms with Gasteiger partial charge in [0.05, 0.1) is 5.25 Å². The molecule has 1 N–H and O–H groups in total. The van der Waals surface area contributed by atoms with Crippen LogP contribution >= 0.6 is 23.5 Å². The molecule has 1 unspecified atom stereocenters. The minimum Gasteiger partial charge on any atom is -0.335 e. The van der Waals surface area contributed by atoms with E-state index in [9.17, 15) is 0 Å². The Kier molecular flexibility index (Phi) is 2.79. The molecule has 1 aromatic rings. The van der Waals surface area contributed by atoms with Crippen LogP contribution in [0.5, 0.6) is 0 Å². The molecule has 2 heterocycles. The Hall–Kier alpha value is -0.360. The minimum absolute atomic E-state index is 0.419. The van der Waals surface area contributed by atoms with E-state index in [1.165, 1.54) is 24.3 Å². The monoisotopic (exact) mass is 243 g/mol. The predicted molar refractivity (Wildman–Crippen MR) is 63.5 cm³/mol. The van der Waals surface area contributed by atoms with Gasteiger partial charge in [0.1, 0.15) is 0 Å².